The molecule has 47 heavy (non-hydrogen) atoms. The van der Waals surface area contributed by atoms with Gasteiger partial charge < -0.3 is 20.4 Å². The highest BCUT2D eigenvalue weighted by Crippen LogP contribution is 2.28. The van der Waals surface area contributed by atoms with Gasteiger partial charge in [-0.05, 0) is 108 Å². The smallest absolute Gasteiger partial charge is 0.247 e. The third kappa shape index (κ3) is 11.9. The first-order valence-corrected chi connectivity index (χ1v) is 18.1. The molecule has 1 aromatic rings. The van der Waals surface area contributed by atoms with Crippen molar-refractivity contribution in [3.8, 4) is 0 Å². The topological polar surface area (TPSA) is 77.6 Å². The van der Waals surface area contributed by atoms with Crippen molar-refractivity contribution < 1.29 is 9.59 Å². The van der Waals surface area contributed by atoms with Gasteiger partial charge in [0.1, 0.15) is 0 Å². The van der Waals surface area contributed by atoms with Crippen LogP contribution in [-0.4, -0.2) is 64.9 Å². The number of unbranched alkanes of at least 4 members (excludes halogenated alkanes) is 1. The summed E-state index contributed by atoms with van der Waals surface area (Å²) in [5.41, 5.74) is 7.55. The first-order valence-electron chi connectivity index (χ1n) is 18.1. The molecule has 1 aromatic heterocycles. The number of pyridine rings is 1. The van der Waals surface area contributed by atoms with Gasteiger partial charge in [0.05, 0.1) is 0 Å². The number of piperidine rings is 1. The van der Waals surface area contributed by atoms with Gasteiger partial charge >= 0.3 is 0 Å². The number of likely N-dealkylation sites (tertiary alicyclic amines) is 1. The summed E-state index contributed by atoms with van der Waals surface area (Å²) in [6, 6.07) is 3.07. The van der Waals surface area contributed by atoms with Gasteiger partial charge in [-0.1, -0.05) is 57.1 Å². The van der Waals surface area contributed by atoms with Crippen molar-refractivity contribution in [2.75, 3.05) is 26.2 Å². The molecule has 1 atom stereocenters. The van der Waals surface area contributed by atoms with Gasteiger partial charge in [0, 0.05) is 74.0 Å². The molecule has 1 saturated heterocycles. The molecular formula is C40H61N5O2. The molecule has 3 rings (SSSR count). The van der Waals surface area contributed by atoms with Crippen molar-refractivity contribution in [3.63, 3.8) is 0 Å². The number of amides is 2. The monoisotopic (exact) mass is 643 g/mol. The van der Waals surface area contributed by atoms with E-state index in [-0.39, 0.29) is 11.8 Å². The summed E-state index contributed by atoms with van der Waals surface area (Å²) in [5, 5.41) is 6.09. The van der Waals surface area contributed by atoms with E-state index in [9.17, 15) is 9.59 Å². The third-order valence-corrected chi connectivity index (χ3v) is 9.76. The van der Waals surface area contributed by atoms with E-state index in [0.717, 1.165) is 82.1 Å². The molecule has 258 valence electrons. The Kier molecular flexibility index (Phi) is 16.2. The molecule has 7 nitrogen and oxygen atoms in total. The van der Waals surface area contributed by atoms with Crippen molar-refractivity contribution in [2.45, 2.75) is 125 Å². The van der Waals surface area contributed by atoms with E-state index >= 15 is 0 Å². The number of nitrogens with zero attached hydrogens (tertiary/aromatic N) is 3. The maximum absolute atomic E-state index is 13.0. The summed E-state index contributed by atoms with van der Waals surface area (Å²) < 4.78 is 0. The highest BCUT2D eigenvalue weighted by molar-refractivity contribution is 5.96. The van der Waals surface area contributed by atoms with Crippen LogP contribution in [0.25, 0.3) is 0 Å². The van der Waals surface area contributed by atoms with Crippen molar-refractivity contribution in [3.05, 3.63) is 88.0 Å². The molecule has 0 spiro atoms. The predicted molar refractivity (Wildman–Crippen MR) is 196 cm³/mol. The Morgan fingerprint density at radius 3 is 2.45 bits per heavy atom. The third-order valence-electron chi connectivity index (χ3n) is 9.76. The first-order chi connectivity index (χ1) is 22.7. The molecule has 1 unspecified atom stereocenters. The average Bonchev–Trinajstić information content (AvgIpc) is 3.32. The van der Waals surface area contributed by atoms with Crippen LogP contribution in [0, 0.1) is 6.92 Å². The lowest BCUT2D eigenvalue weighted by molar-refractivity contribution is -0.118. The van der Waals surface area contributed by atoms with Gasteiger partial charge in [-0.25, -0.2) is 0 Å². The maximum atomic E-state index is 13.0. The lowest BCUT2D eigenvalue weighted by atomic mass is 9.98. The average molecular weight is 644 g/mol. The van der Waals surface area contributed by atoms with E-state index in [1.165, 1.54) is 22.4 Å². The van der Waals surface area contributed by atoms with Crippen molar-refractivity contribution >= 4 is 11.8 Å². The summed E-state index contributed by atoms with van der Waals surface area (Å²) in [7, 11) is 0. The molecule has 1 fully saturated rings. The van der Waals surface area contributed by atoms with Crippen LogP contribution in [0.2, 0.25) is 0 Å². The zero-order valence-corrected chi connectivity index (χ0v) is 30.3. The Morgan fingerprint density at radius 2 is 1.77 bits per heavy atom. The SMILES string of the molecule is CCCCNC(=O)/C(C)=C/C(C)=C(\CC)C(=O)NCCCC(C)N1CCC(N(Cc2cnccc2C)C2=CCC=C(CC)C=C2)CC1. The van der Waals surface area contributed by atoms with Gasteiger partial charge in [0.25, 0.3) is 0 Å². The van der Waals surface area contributed by atoms with Gasteiger partial charge in [0.2, 0.25) is 11.8 Å². The quantitative estimate of drug-likeness (QED) is 0.103. The van der Waals surface area contributed by atoms with Crippen LogP contribution in [0.3, 0.4) is 0 Å². The summed E-state index contributed by atoms with van der Waals surface area (Å²) in [4.78, 5) is 35.1. The van der Waals surface area contributed by atoms with E-state index in [0.29, 0.717) is 37.2 Å². The van der Waals surface area contributed by atoms with Crippen LogP contribution in [0.1, 0.15) is 110 Å². The van der Waals surface area contributed by atoms with Crippen molar-refractivity contribution in [1.82, 2.24) is 25.4 Å². The molecule has 2 aliphatic rings. The van der Waals surface area contributed by atoms with Crippen LogP contribution in [0.5, 0.6) is 0 Å². The van der Waals surface area contributed by atoms with Gasteiger partial charge in [-0.15, -0.1) is 0 Å². The van der Waals surface area contributed by atoms with E-state index in [2.05, 4.69) is 83.5 Å². The van der Waals surface area contributed by atoms with Crippen LogP contribution in [0.4, 0.5) is 0 Å². The van der Waals surface area contributed by atoms with Crippen LogP contribution in [-0.2, 0) is 16.1 Å². The summed E-state index contributed by atoms with van der Waals surface area (Å²) in [6.45, 7) is 18.9. The number of allylic oxidation sites excluding steroid dienone is 7. The molecule has 1 aliphatic carbocycles. The minimum atomic E-state index is -0.0655. The largest absolute Gasteiger partial charge is 0.364 e. The van der Waals surface area contributed by atoms with E-state index < -0.39 is 0 Å². The van der Waals surface area contributed by atoms with Gasteiger partial charge in [0.15, 0.2) is 0 Å². The minimum Gasteiger partial charge on any atom is -0.364 e. The van der Waals surface area contributed by atoms with Crippen LogP contribution >= 0.6 is 0 Å². The Labute approximate surface area is 285 Å². The number of rotatable bonds is 17. The number of nitrogens with one attached hydrogen (secondary N) is 2. The highest BCUT2D eigenvalue weighted by Gasteiger charge is 2.28. The molecular weight excluding hydrogens is 582 g/mol. The number of hydrogen-bond acceptors (Lipinski definition) is 5. The second-order valence-corrected chi connectivity index (χ2v) is 13.2. The van der Waals surface area contributed by atoms with Gasteiger partial charge in [-0.2, -0.15) is 0 Å². The highest BCUT2D eigenvalue weighted by atomic mass is 16.2. The van der Waals surface area contributed by atoms with Crippen molar-refractivity contribution in [1.29, 1.82) is 0 Å². The number of hydrogen-bond donors (Lipinski definition) is 2. The van der Waals surface area contributed by atoms with Crippen LogP contribution in [0.15, 0.2) is 76.8 Å². The normalized spacial score (nSPS) is 17.3. The fraction of sp³-hybridized carbons (Fsp3) is 0.575. The molecule has 0 bridgehead atoms. The number of aryl methyl sites for hydroxylation is 1. The molecule has 2 amide bonds. The molecule has 7 heteroatoms. The number of aromatic nitrogens is 1. The minimum absolute atomic E-state index is 0.0269. The number of carbonyl (C=O) groups is 2. The fourth-order valence-electron chi connectivity index (χ4n) is 6.55. The Balaban J connectivity index is 1.52. The predicted octanol–water partition coefficient (Wildman–Crippen LogP) is 7.71. The lowest BCUT2D eigenvalue weighted by Crippen LogP contribution is -2.47. The molecule has 0 aromatic carbocycles. The summed E-state index contributed by atoms with van der Waals surface area (Å²) >= 11 is 0. The summed E-state index contributed by atoms with van der Waals surface area (Å²) in [6.07, 6.45) is 24.0. The standard InChI is InChI=1S/C40H61N5O2/c1-8-11-22-42-39(46)32(6)27-31(5)38(10-3)40(47)43-23-13-14-33(7)44-25-20-37(21-26-44)45(29-35-28-41-24-19-30(35)4)36-16-12-15-34(9-2)17-18-36/h15-19,24,27-28,33,37H,8-14,20-23,25-26,29H2,1-7H3,(H,42,46)(H,43,47)/b32-27+,38-31+. The van der Waals surface area contributed by atoms with E-state index in [1.54, 1.807) is 0 Å². The molecule has 0 radical (unpaired) electrons. The Morgan fingerprint density at radius 1 is 1.04 bits per heavy atom. The first kappa shape index (κ1) is 38.0. The van der Waals surface area contributed by atoms with E-state index in [1.807, 2.05) is 39.2 Å². The molecule has 2 N–H and O–H groups in total. The lowest BCUT2D eigenvalue weighted by Gasteiger charge is -2.42. The summed E-state index contributed by atoms with van der Waals surface area (Å²) in [5.74, 6) is -0.0924. The zero-order valence-electron chi connectivity index (χ0n) is 30.3. The zero-order chi connectivity index (χ0) is 34.2. The van der Waals surface area contributed by atoms with E-state index in [4.69, 9.17) is 0 Å². The Hall–Kier alpha value is -3.45. The second kappa shape index (κ2) is 20.0. The Bertz CT molecular complexity index is 1330. The molecule has 1 aliphatic heterocycles. The van der Waals surface area contributed by atoms with Gasteiger partial charge in [-0.3, -0.25) is 14.6 Å². The maximum Gasteiger partial charge on any atom is 0.247 e. The second-order valence-electron chi connectivity index (χ2n) is 13.2. The van der Waals surface area contributed by atoms with Crippen LogP contribution < -0.4 is 10.6 Å². The molecule has 0 saturated carbocycles. The van der Waals surface area contributed by atoms with Crippen molar-refractivity contribution in [2.24, 2.45) is 0 Å². The fourth-order valence-corrected chi connectivity index (χ4v) is 6.55. The molecule has 2 heterocycles. The number of carbonyl (C=O) groups excluding carboxylic acids is 2.